The molecule has 2 aromatic rings. The molecule has 3 rings (SSSR count). The lowest BCUT2D eigenvalue weighted by molar-refractivity contribution is -0.123. The van der Waals surface area contributed by atoms with Gasteiger partial charge in [-0.3, -0.25) is 4.79 Å². The summed E-state index contributed by atoms with van der Waals surface area (Å²) >= 11 is 0. The Hall–Kier alpha value is -2.29. The largest absolute Gasteiger partial charge is 0.484 e. The first kappa shape index (κ1) is 15.6. The molecule has 1 N–H and O–H groups in total. The monoisotopic (exact) mass is 309 g/mol. The number of benzene rings is 2. The molecule has 0 radical (unpaired) electrons. The number of fused-ring (bicyclic) bond motifs is 1. The summed E-state index contributed by atoms with van der Waals surface area (Å²) < 4.78 is 5.60. The number of nitrogens with one attached hydrogen (secondary N) is 1. The van der Waals surface area contributed by atoms with Crippen LogP contribution in [-0.2, 0) is 17.6 Å². The number of hydrogen-bond donors (Lipinski definition) is 1. The Balaban J connectivity index is 1.56. The molecule has 0 spiro atoms. The van der Waals surface area contributed by atoms with Crippen molar-refractivity contribution in [3.8, 4) is 5.75 Å². The molecule has 2 aromatic carbocycles. The molecule has 1 aliphatic rings. The van der Waals surface area contributed by atoms with E-state index in [1.54, 1.807) is 0 Å². The molecule has 23 heavy (non-hydrogen) atoms. The lowest BCUT2D eigenvalue weighted by Crippen LogP contribution is -2.31. The Bertz CT molecular complexity index is 709. The van der Waals surface area contributed by atoms with Gasteiger partial charge in [-0.1, -0.05) is 36.4 Å². The summed E-state index contributed by atoms with van der Waals surface area (Å²) in [5, 5.41) is 3.01. The average Bonchev–Trinajstić information content (AvgIpc) is 3.01. The molecule has 3 nitrogen and oxygen atoms in total. The Morgan fingerprint density at radius 3 is 2.78 bits per heavy atom. The molecule has 1 atom stereocenters. The summed E-state index contributed by atoms with van der Waals surface area (Å²) in [6.45, 7) is 4.03. The van der Waals surface area contributed by atoms with E-state index in [1.165, 1.54) is 24.0 Å². The van der Waals surface area contributed by atoms with E-state index in [2.05, 4.69) is 23.5 Å². The molecular formula is C20H23NO2. The predicted octanol–water partition coefficient (Wildman–Crippen LogP) is 3.74. The highest BCUT2D eigenvalue weighted by atomic mass is 16.5. The van der Waals surface area contributed by atoms with Gasteiger partial charge in [0, 0.05) is 0 Å². The van der Waals surface area contributed by atoms with Crippen molar-refractivity contribution in [3.05, 3.63) is 64.7 Å². The number of hydrogen-bond acceptors (Lipinski definition) is 2. The number of carbonyl (C=O) groups excluding carboxylic acids is 1. The van der Waals surface area contributed by atoms with Gasteiger partial charge in [0.2, 0.25) is 0 Å². The second-order valence-corrected chi connectivity index (χ2v) is 6.23. The van der Waals surface area contributed by atoms with Crippen LogP contribution in [0.3, 0.4) is 0 Å². The molecule has 3 heteroatoms. The molecule has 0 heterocycles. The van der Waals surface area contributed by atoms with Crippen LogP contribution in [0.2, 0.25) is 0 Å². The van der Waals surface area contributed by atoms with Gasteiger partial charge in [-0.05, 0) is 61.4 Å². The fraction of sp³-hybridized carbons (Fsp3) is 0.350. The third-order valence-electron chi connectivity index (χ3n) is 4.45. The number of amides is 1. The Labute approximate surface area is 137 Å². The van der Waals surface area contributed by atoms with Gasteiger partial charge < -0.3 is 10.1 Å². The van der Waals surface area contributed by atoms with Crippen LogP contribution in [0.1, 0.15) is 41.6 Å². The van der Waals surface area contributed by atoms with Crippen LogP contribution in [0, 0.1) is 6.92 Å². The summed E-state index contributed by atoms with van der Waals surface area (Å²) in [5.74, 6) is 0.661. The molecule has 0 aliphatic heterocycles. The lowest BCUT2D eigenvalue weighted by atomic mass is 10.0. The summed E-state index contributed by atoms with van der Waals surface area (Å²) in [6, 6.07) is 14.3. The van der Waals surface area contributed by atoms with Gasteiger partial charge in [0.1, 0.15) is 5.75 Å². The van der Waals surface area contributed by atoms with Gasteiger partial charge in [-0.2, -0.15) is 0 Å². The topological polar surface area (TPSA) is 38.3 Å². The van der Waals surface area contributed by atoms with E-state index in [0.29, 0.717) is 0 Å². The lowest BCUT2D eigenvalue weighted by Gasteiger charge is -2.16. The van der Waals surface area contributed by atoms with E-state index >= 15 is 0 Å². The van der Waals surface area contributed by atoms with E-state index in [0.717, 1.165) is 23.3 Å². The van der Waals surface area contributed by atoms with Gasteiger partial charge in [0.15, 0.2) is 6.61 Å². The molecular weight excluding hydrogens is 286 g/mol. The SMILES string of the molecule is Cc1ccccc1OCC(=O)N[C@@H](C)c1ccc2c(c1)CCC2. The van der Waals surface area contributed by atoms with E-state index in [4.69, 9.17) is 4.74 Å². The standard InChI is InChI=1S/C20H23NO2/c1-14-6-3-4-9-19(14)23-13-20(22)21-15(2)17-11-10-16-7-5-8-18(16)12-17/h3-4,6,9-12,15H,5,7-8,13H2,1-2H3,(H,21,22)/t15-/m0/s1. The quantitative estimate of drug-likeness (QED) is 0.913. The first-order valence-electron chi connectivity index (χ1n) is 8.23. The van der Waals surface area contributed by atoms with Gasteiger partial charge in [-0.15, -0.1) is 0 Å². The second kappa shape index (κ2) is 6.86. The molecule has 0 saturated heterocycles. The predicted molar refractivity (Wildman–Crippen MR) is 91.7 cm³/mol. The van der Waals surface area contributed by atoms with Crippen LogP contribution >= 0.6 is 0 Å². The second-order valence-electron chi connectivity index (χ2n) is 6.23. The zero-order valence-corrected chi connectivity index (χ0v) is 13.8. The van der Waals surface area contributed by atoms with E-state index in [9.17, 15) is 4.79 Å². The zero-order chi connectivity index (χ0) is 16.2. The fourth-order valence-corrected chi connectivity index (χ4v) is 3.09. The Morgan fingerprint density at radius 2 is 1.96 bits per heavy atom. The molecule has 1 amide bonds. The van der Waals surface area contributed by atoms with E-state index < -0.39 is 0 Å². The Kier molecular flexibility index (Phi) is 4.65. The minimum atomic E-state index is -0.0961. The molecule has 0 saturated carbocycles. The van der Waals surface area contributed by atoms with E-state index in [1.807, 2.05) is 38.1 Å². The molecule has 0 unspecified atom stereocenters. The number of carbonyl (C=O) groups is 1. The normalized spacial score (nSPS) is 14.2. The van der Waals surface area contributed by atoms with Crippen molar-refractivity contribution in [2.24, 2.45) is 0 Å². The third-order valence-corrected chi connectivity index (χ3v) is 4.45. The minimum Gasteiger partial charge on any atom is -0.484 e. The molecule has 1 aliphatic carbocycles. The van der Waals surface area contributed by atoms with Crippen molar-refractivity contribution >= 4 is 5.91 Å². The van der Waals surface area contributed by atoms with Crippen LogP contribution in [0.4, 0.5) is 0 Å². The van der Waals surface area contributed by atoms with Crippen LogP contribution in [0.25, 0.3) is 0 Å². The van der Waals surface area contributed by atoms with Crippen LogP contribution in [0.15, 0.2) is 42.5 Å². The smallest absolute Gasteiger partial charge is 0.258 e. The number of aryl methyl sites for hydroxylation is 3. The van der Waals surface area contributed by atoms with Crippen LogP contribution in [-0.4, -0.2) is 12.5 Å². The maximum atomic E-state index is 12.1. The first-order chi connectivity index (χ1) is 11.1. The molecule has 0 aromatic heterocycles. The fourth-order valence-electron chi connectivity index (χ4n) is 3.09. The molecule has 120 valence electrons. The summed E-state index contributed by atoms with van der Waals surface area (Å²) in [6.07, 6.45) is 3.57. The highest BCUT2D eigenvalue weighted by molar-refractivity contribution is 5.78. The zero-order valence-electron chi connectivity index (χ0n) is 13.8. The van der Waals surface area contributed by atoms with Crippen molar-refractivity contribution < 1.29 is 9.53 Å². The minimum absolute atomic E-state index is 0.00568. The van der Waals surface area contributed by atoms with Gasteiger partial charge in [-0.25, -0.2) is 0 Å². The number of para-hydroxylation sites is 1. The summed E-state index contributed by atoms with van der Waals surface area (Å²) in [4.78, 5) is 12.1. The molecule has 0 bridgehead atoms. The van der Waals surface area contributed by atoms with Gasteiger partial charge in [0.05, 0.1) is 6.04 Å². The van der Waals surface area contributed by atoms with Crippen molar-refractivity contribution in [1.29, 1.82) is 0 Å². The molecule has 0 fully saturated rings. The van der Waals surface area contributed by atoms with Crippen molar-refractivity contribution in [2.75, 3.05) is 6.61 Å². The average molecular weight is 309 g/mol. The van der Waals surface area contributed by atoms with Crippen LogP contribution in [0.5, 0.6) is 5.75 Å². The van der Waals surface area contributed by atoms with Crippen molar-refractivity contribution in [2.45, 2.75) is 39.2 Å². The van der Waals surface area contributed by atoms with Crippen molar-refractivity contribution in [3.63, 3.8) is 0 Å². The van der Waals surface area contributed by atoms with Crippen LogP contribution < -0.4 is 10.1 Å². The number of ether oxygens (including phenoxy) is 1. The van der Waals surface area contributed by atoms with Gasteiger partial charge in [0.25, 0.3) is 5.91 Å². The van der Waals surface area contributed by atoms with Gasteiger partial charge >= 0.3 is 0 Å². The first-order valence-corrected chi connectivity index (χ1v) is 8.23. The van der Waals surface area contributed by atoms with E-state index in [-0.39, 0.29) is 18.6 Å². The number of rotatable bonds is 5. The third kappa shape index (κ3) is 3.73. The highest BCUT2D eigenvalue weighted by Gasteiger charge is 2.15. The maximum absolute atomic E-state index is 12.1. The summed E-state index contributed by atoms with van der Waals surface area (Å²) in [7, 11) is 0. The van der Waals surface area contributed by atoms with Crippen molar-refractivity contribution in [1.82, 2.24) is 5.32 Å². The highest BCUT2D eigenvalue weighted by Crippen LogP contribution is 2.25. The maximum Gasteiger partial charge on any atom is 0.258 e. The summed E-state index contributed by atoms with van der Waals surface area (Å²) in [5.41, 5.74) is 5.08. The Morgan fingerprint density at radius 1 is 1.17 bits per heavy atom.